The van der Waals surface area contributed by atoms with Crippen LogP contribution in [0, 0.1) is 11.8 Å². The van der Waals surface area contributed by atoms with Crippen LogP contribution in [0.5, 0.6) is 0 Å². The fourth-order valence-electron chi connectivity index (χ4n) is 8.13. The van der Waals surface area contributed by atoms with Crippen LogP contribution in [0.2, 0.25) is 0 Å². The monoisotopic (exact) mass is 849 g/mol. The molecule has 6 nitrogen and oxygen atoms in total. The lowest BCUT2D eigenvalue weighted by Crippen LogP contribution is -2.30. The summed E-state index contributed by atoms with van der Waals surface area (Å²) in [5, 5.41) is 0. The standard InChI is InChI=1S/C54H104O6/c1-6-8-9-10-11-22-31-36-41-46-54(57)60-51(48-59-53(56)45-40-35-30-26-25-28-33-38-43-50(5)7-2)47-58-52(55)44-39-34-29-24-21-19-17-15-13-12-14-16-18-20-23-27-32-37-42-49(3)4/h49-51H,6-48H2,1-5H3/t50?,51-/m1/s1. The lowest BCUT2D eigenvalue weighted by molar-refractivity contribution is -0.167. The van der Waals surface area contributed by atoms with E-state index in [9.17, 15) is 14.4 Å². The molecule has 60 heavy (non-hydrogen) atoms. The van der Waals surface area contributed by atoms with Crippen LogP contribution in [-0.4, -0.2) is 37.2 Å². The maximum atomic E-state index is 12.7. The minimum Gasteiger partial charge on any atom is -0.462 e. The number of ether oxygens (including phenoxy) is 3. The molecule has 0 radical (unpaired) electrons. The Morgan fingerprint density at radius 2 is 0.633 bits per heavy atom. The number of unbranched alkanes of at least 4 members (excludes halogenated alkanes) is 32. The second-order valence-corrected chi connectivity index (χ2v) is 19.2. The molecule has 0 aromatic rings. The maximum Gasteiger partial charge on any atom is 0.306 e. The smallest absolute Gasteiger partial charge is 0.306 e. The van der Waals surface area contributed by atoms with Gasteiger partial charge in [-0.15, -0.1) is 0 Å². The normalized spacial score (nSPS) is 12.5. The first-order chi connectivity index (χ1) is 29.3. The van der Waals surface area contributed by atoms with E-state index in [-0.39, 0.29) is 31.1 Å². The van der Waals surface area contributed by atoms with Crippen LogP contribution in [-0.2, 0) is 28.6 Å². The SMILES string of the molecule is CCCCCCCCCCCC(=O)O[C@H](COC(=O)CCCCCCCCCCCCCCCCCCCCC(C)C)COC(=O)CCCCCCCCCCC(C)CC. The van der Waals surface area contributed by atoms with Crippen LogP contribution in [0.25, 0.3) is 0 Å². The largest absolute Gasteiger partial charge is 0.462 e. The van der Waals surface area contributed by atoms with Crippen LogP contribution in [0.15, 0.2) is 0 Å². The van der Waals surface area contributed by atoms with E-state index in [1.165, 1.54) is 186 Å². The third-order valence-corrected chi connectivity index (χ3v) is 12.6. The van der Waals surface area contributed by atoms with Gasteiger partial charge in [0.05, 0.1) is 0 Å². The van der Waals surface area contributed by atoms with E-state index in [2.05, 4.69) is 34.6 Å². The van der Waals surface area contributed by atoms with Gasteiger partial charge in [0.2, 0.25) is 0 Å². The van der Waals surface area contributed by atoms with Gasteiger partial charge >= 0.3 is 17.9 Å². The molecule has 0 heterocycles. The van der Waals surface area contributed by atoms with E-state index in [1.807, 2.05) is 0 Å². The highest BCUT2D eigenvalue weighted by atomic mass is 16.6. The van der Waals surface area contributed by atoms with Crippen molar-refractivity contribution in [3.63, 3.8) is 0 Å². The summed E-state index contributed by atoms with van der Waals surface area (Å²) >= 11 is 0. The molecular weight excluding hydrogens is 745 g/mol. The summed E-state index contributed by atoms with van der Waals surface area (Å²) in [5.74, 6) is 0.856. The minimum atomic E-state index is -0.761. The molecule has 0 spiro atoms. The van der Waals surface area contributed by atoms with Crippen LogP contribution >= 0.6 is 0 Å². The molecule has 2 atom stereocenters. The highest BCUT2D eigenvalue weighted by Crippen LogP contribution is 2.18. The summed E-state index contributed by atoms with van der Waals surface area (Å²) in [6.45, 7) is 11.4. The van der Waals surface area contributed by atoms with Crippen molar-refractivity contribution in [3.05, 3.63) is 0 Å². The van der Waals surface area contributed by atoms with E-state index in [4.69, 9.17) is 14.2 Å². The van der Waals surface area contributed by atoms with Gasteiger partial charge in [0, 0.05) is 19.3 Å². The van der Waals surface area contributed by atoms with Crippen LogP contribution in [0.4, 0.5) is 0 Å². The van der Waals surface area contributed by atoms with Gasteiger partial charge in [-0.1, -0.05) is 259 Å². The first-order valence-corrected chi connectivity index (χ1v) is 26.8. The molecule has 0 aliphatic carbocycles. The summed E-state index contributed by atoms with van der Waals surface area (Å²) in [4.78, 5) is 37.9. The zero-order chi connectivity index (χ0) is 44.0. The summed E-state index contributed by atoms with van der Waals surface area (Å²) in [5.41, 5.74) is 0. The number of carbonyl (C=O) groups is 3. The number of rotatable bonds is 48. The summed E-state index contributed by atoms with van der Waals surface area (Å²) < 4.78 is 16.8. The molecule has 1 unspecified atom stereocenters. The Morgan fingerprint density at radius 3 is 0.950 bits per heavy atom. The van der Waals surface area contributed by atoms with E-state index >= 15 is 0 Å². The van der Waals surface area contributed by atoms with E-state index in [0.717, 1.165) is 69.6 Å². The molecule has 0 saturated carbocycles. The fraction of sp³-hybridized carbons (Fsp3) is 0.944. The zero-order valence-corrected chi connectivity index (χ0v) is 41.1. The van der Waals surface area contributed by atoms with Gasteiger partial charge in [-0.3, -0.25) is 14.4 Å². The highest BCUT2D eigenvalue weighted by molar-refractivity contribution is 5.71. The Hall–Kier alpha value is -1.59. The van der Waals surface area contributed by atoms with Gasteiger partial charge in [0.15, 0.2) is 6.10 Å². The average Bonchev–Trinajstić information content (AvgIpc) is 3.23. The van der Waals surface area contributed by atoms with Crippen molar-refractivity contribution in [1.29, 1.82) is 0 Å². The van der Waals surface area contributed by atoms with Crippen molar-refractivity contribution < 1.29 is 28.6 Å². The molecule has 0 fully saturated rings. The maximum absolute atomic E-state index is 12.7. The van der Waals surface area contributed by atoms with E-state index in [1.54, 1.807) is 0 Å². The number of carbonyl (C=O) groups excluding carboxylic acids is 3. The molecule has 0 N–H and O–H groups in total. The van der Waals surface area contributed by atoms with Gasteiger partial charge in [-0.05, 0) is 31.1 Å². The molecule has 0 aliphatic heterocycles. The van der Waals surface area contributed by atoms with Crippen LogP contribution < -0.4 is 0 Å². The molecule has 356 valence electrons. The summed E-state index contributed by atoms with van der Waals surface area (Å²) in [6.07, 6.45) is 48.1. The minimum absolute atomic E-state index is 0.0638. The topological polar surface area (TPSA) is 78.9 Å². The molecule has 0 aromatic heterocycles. The Kier molecular flexibility index (Phi) is 45.7. The van der Waals surface area contributed by atoms with Crippen molar-refractivity contribution in [2.24, 2.45) is 11.8 Å². The summed E-state index contributed by atoms with van der Waals surface area (Å²) in [6, 6.07) is 0. The van der Waals surface area contributed by atoms with E-state index in [0.29, 0.717) is 19.3 Å². The lowest BCUT2D eigenvalue weighted by Gasteiger charge is -2.18. The predicted octanol–water partition coefficient (Wildman–Crippen LogP) is 17.3. The molecule has 0 rings (SSSR count). The lowest BCUT2D eigenvalue weighted by atomic mass is 9.99. The molecule has 0 saturated heterocycles. The van der Waals surface area contributed by atoms with Crippen molar-refractivity contribution >= 4 is 17.9 Å². The summed E-state index contributed by atoms with van der Waals surface area (Å²) in [7, 11) is 0. The molecule has 0 aromatic carbocycles. The van der Waals surface area contributed by atoms with Gasteiger partial charge in [0.25, 0.3) is 0 Å². The second kappa shape index (κ2) is 46.9. The Morgan fingerprint density at radius 1 is 0.350 bits per heavy atom. The number of esters is 3. The van der Waals surface area contributed by atoms with Crippen LogP contribution in [0.3, 0.4) is 0 Å². The third-order valence-electron chi connectivity index (χ3n) is 12.6. The van der Waals surface area contributed by atoms with Gasteiger partial charge < -0.3 is 14.2 Å². The average molecular weight is 849 g/mol. The van der Waals surface area contributed by atoms with Crippen LogP contribution in [0.1, 0.15) is 298 Å². The van der Waals surface area contributed by atoms with Gasteiger partial charge in [-0.25, -0.2) is 0 Å². The van der Waals surface area contributed by atoms with Crippen molar-refractivity contribution in [2.45, 2.75) is 304 Å². The van der Waals surface area contributed by atoms with Crippen molar-refractivity contribution in [2.75, 3.05) is 13.2 Å². The van der Waals surface area contributed by atoms with Gasteiger partial charge in [0.1, 0.15) is 13.2 Å². The fourth-order valence-corrected chi connectivity index (χ4v) is 8.13. The zero-order valence-electron chi connectivity index (χ0n) is 41.1. The first-order valence-electron chi connectivity index (χ1n) is 26.8. The third kappa shape index (κ3) is 45.9. The Balaban J connectivity index is 4.16. The van der Waals surface area contributed by atoms with Crippen molar-refractivity contribution in [1.82, 2.24) is 0 Å². The quantitative estimate of drug-likeness (QED) is 0.0345. The molecular formula is C54H104O6. The molecule has 0 bridgehead atoms. The second-order valence-electron chi connectivity index (χ2n) is 19.2. The predicted molar refractivity (Wildman–Crippen MR) is 256 cm³/mol. The van der Waals surface area contributed by atoms with Gasteiger partial charge in [-0.2, -0.15) is 0 Å². The Labute approximate surface area is 374 Å². The molecule has 6 heteroatoms. The Bertz CT molecular complexity index is 918. The molecule has 0 amide bonds. The van der Waals surface area contributed by atoms with Crippen molar-refractivity contribution in [3.8, 4) is 0 Å². The number of hydrogen-bond acceptors (Lipinski definition) is 6. The molecule has 0 aliphatic rings. The number of hydrogen-bond donors (Lipinski definition) is 0. The van der Waals surface area contributed by atoms with E-state index < -0.39 is 6.10 Å². The highest BCUT2D eigenvalue weighted by Gasteiger charge is 2.19. The first kappa shape index (κ1) is 58.4.